The first-order valence-electron chi connectivity index (χ1n) is 8.51. The van der Waals surface area contributed by atoms with E-state index in [1.54, 1.807) is 23.1 Å². The summed E-state index contributed by atoms with van der Waals surface area (Å²) in [5, 5.41) is 17.5. The van der Waals surface area contributed by atoms with E-state index in [2.05, 4.69) is 21.2 Å². The number of rotatable bonds is 3. The molecule has 6 heteroatoms. The summed E-state index contributed by atoms with van der Waals surface area (Å²) in [5.41, 5.74) is 2.59. The smallest absolute Gasteiger partial charge is 0.257 e. The number of phenols is 1. The zero-order chi connectivity index (χ0) is 16.7. The van der Waals surface area contributed by atoms with E-state index in [-0.39, 0.29) is 11.7 Å². The van der Waals surface area contributed by atoms with Gasteiger partial charge in [0.15, 0.2) is 5.82 Å². The lowest BCUT2D eigenvalue weighted by molar-refractivity contribution is 0.0743. The zero-order valence-electron chi connectivity index (χ0n) is 13.8. The quantitative estimate of drug-likeness (QED) is 0.907. The van der Waals surface area contributed by atoms with Gasteiger partial charge < -0.3 is 14.9 Å². The minimum atomic E-state index is -0.100. The number of hydrogen-bond donors (Lipinski definition) is 2. The maximum atomic E-state index is 12.6. The predicted octanol–water partition coefficient (Wildman–Crippen LogP) is 2.26. The van der Waals surface area contributed by atoms with Gasteiger partial charge in [-0.2, -0.15) is 5.10 Å². The Kier molecular flexibility index (Phi) is 3.67. The van der Waals surface area contributed by atoms with Crippen molar-refractivity contribution < 1.29 is 9.90 Å². The first-order chi connectivity index (χ1) is 11.6. The topological polar surface area (TPSA) is 72.5 Å². The number of anilines is 1. The van der Waals surface area contributed by atoms with Crippen LogP contribution in [0.25, 0.3) is 0 Å². The highest BCUT2D eigenvalue weighted by atomic mass is 16.3. The van der Waals surface area contributed by atoms with Crippen LogP contribution >= 0.6 is 0 Å². The summed E-state index contributed by atoms with van der Waals surface area (Å²) in [6.07, 6.45) is 2.51. The lowest BCUT2D eigenvalue weighted by Gasteiger charge is -2.35. The van der Waals surface area contributed by atoms with E-state index >= 15 is 0 Å². The molecule has 6 nitrogen and oxygen atoms in total. The van der Waals surface area contributed by atoms with Crippen LogP contribution in [0.4, 0.5) is 5.82 Å². The van der Waals surface area contributed by atoms with Gasteiger partial charge in [0.25, 0.3) is 5.91 Å². The summed E-state index contributed by atoms with van der Waals surface area (Å²) in [6, 6.07) is 7.28. The summed E-state index contributed by atoms with van der Waals surface area (Å²) in [4.78, 5) is 16.7. The summed E-state index contributed by atoms with van der Waals surface area (Å²) in [5.74, 6) is 1.59. The molecule has 2 aromatic rings. The van der Waals surface area contributed by atoms with Gasteiger partial charge in [-0.3, -0.25) is 9.89 Å². The Morgan fingerprint density at radius 3 is 2.67 bits per heavy atom. The lowest BCUT2D eigenvalue weighted by atomic mass is 10.1. The van der Waals surface area contributed by atoms with Crippen LogP contribution in [0.5, 0.6) is 5.75 Å². The molecule has 24 heavy (non-hydrogen) atoms. The Balaban J connectivity index is 1.41. The fraction of sp³-hybridized carbons (Fsp3) is 0.444. The van der Waals surface area contributed by atoms with Gasteiger partial charge in [0.05, 0.1) is 5.56 Å². The van der Waals surface area contributed by atoms with Crippen LogP contribution < -0.4 is 4.90 Å². The van der Waals surface area contributed by atoms with Crippen LogP contribution in [0.3, 0.4) is 0 Å². The Labute approximate surface area is 141 Å². The number of phenolic OH excluding ortho intramolecular Hbond substituents is 1. The second-order valence-electron chi connectivity index (χ2n) is 6.76. The molecule has 126 valence electrons. The normalized spacial score (nSPS) is 18.0. The number of nitrogens with one attached hydrogen (secondary N) is 1. The van der Waals surface area contributed by atoms with E-state index in [1.807, 2.05) is 6.92 Å². The number of H-pyrrole nitrogens is 1. The number of aromatic amines is 1. The molecule has 2 N–H and O–H groups in total. The van der Waals surface area contributed by atoms with Gasteiger partial charge in [0.2, 0.25) is 0 Å². The lowest BCUT2D eigenvalue weighted by Crippen LogP contribution is -2.49. The van der Waals surface area contributed by atoms with Crippen LogP contribution in [0, 0.1) is 6.92 Å². The van der Waals surface area contributed by atoms with Crippen LogP contribution in [0.15, 0.2) is 24.3 Å². The van der Waals surface area contributed by atoms with Gasteiger partial charge in [-0.15, -0.1) is 0 Å². The molecule has 0 bridgehead atoms. The first-order valence-corrected chi connectivity index (χ1v) is 8.51. The number of hydrogen-bond acceptors (Lipinski definition) is 4. The number of aryl methyl sites for hydroxylation is 1. The van der Waals surface area contributed by atoms with E-state index in [1.165, 1.54) is 18.5 Å². The van der Waals surface area contributed by atoms with Crippen LogP contribution in [-0.2, 0) is 0 Å². The summed E-state index contributed by atoms with van der Waals surface area (Å²) in [6.45, 7) is 4.71. The van der Waals surface area contributed by atoms with Crippen molar-refractivity contribution in [3.63, 3.8) is 0 Å². The molecule has 1 aliphatic heterocycles. The van der Waals surface area contributed by atoms with Gasteiger partial charge in [-0.25, -0.2) is 0 Å². The monoisotopic (exact) mass is 326 g/mol. The second kappa shape index (κ2) is 5.85. The van der Waals surface area contributed by atoms with Crippen molar-refractivity contribution in [2.24, 2.45) is 0 Å². The molecule has 0 unspecified atom stereocenters. The van der Waals surface area contributed by atoms with Crippen LogP contribution in [0.2, 0.25) is 0 Å². The van der Waals surface area contributed by atoms with E-state index < -0.39 is 0 Å². The number of amides is 1. The first kappa shape index (κ1) is 15.1. The number of aromatic nitrogens is 2. The summed E-state index contributed by atoms with van der Waals surface area (Å²) >= 11 is 0. The number of nitrogens with zero attached hydrogens (tertiary/aromatic N) is 3. The molecule has 0 radical (unpaired) electrons. The van der Waals surface area contributed by atoms with Crippen molar-refractivity contribution in [2.45, 2.75) is 25.7 Å². The van der Waals surface area contributed by atoms with Crippen molar-refractivity contribution >= 4 is 11.7 Å². The third-order valence-corrected chi connectivity index (χ3v) is 4.87. The SMILES string of the molecule is Cc1ccc(O)c(C(=O)N2CCN(c3cc(C4CC4)[nH]n3)CC2)c1. The third-order valence-electron chi connectivity index (χ3n) is 4.87. The predicted molar refractivity (Wildman–Crippen MR) is 91.5 cm³/mol. The van der Waals surface area contributed by atoms with Crippen molar-refractivity contribution in [3.05, 3.63) is 41.1 Å². The number of aromatic hydroxyl groups is 1. The van der Waals surface area contributed by atoms with Crippen molar-refractivity contribution in [1.82, 2.24) is 15.1 Å². The van der Waals surface area contributed by atoms with Crippen LogP contribution in [-0.4, -0.2) is 52.3 Å². The average molecular weight is 326 g/mol. The van der Waals surface area contributed by atoms with Gasteiger partial charge in [0.1, 0.15) is 5.75 Å². The summed E-state index contributed by atoms with van der Waals surface area (Å²) < 4.78 is 0. The Bertz CT molecular complexity index is 758. The van der Waals surface area contributed by atoms with Gasteiger partial charge in [-0.1, -0.05) is 11.6 Å². The highest BCUT2D eigenvalue weighted by Gasteiger charge is 2.28. The zero-order valence-corrected chi connectivity index (χ0v) is 13.8. The number of piperazine rings is 1. The molecule has 4 rings (SSSR count). The molecule has 2 aliphatic rings. The van der Waals surface area contributed by atoms with E-state index in [0.717, 1.165) is 24.5 Å². The van der Waals surface area contributed by atoms with Gasteiger partial charge in [-0.05, 0) is 31.9 Å². The van der Waals surface area contributed by atoms with E-state index in [4.69, 9.17) is 0 Å². The number of benzene rings is 1. The fourth-order valence-corrected chi connectivity index (χ4v) is 3.22. The molecule has 0 spiro atoms. The molecule has 0 atom stereocenters. The van der Waals surface area contributed by atoms with Crippen molar-refractivity contribution in [3.8, 4) is 5.75 Å². The van der Waals surface area contributed by atoms with E-state index in [9.17, 15) is 9.90 Å². The second-order valence-corrected chi connectivity index (χ2v) is 6.76. The highest BCUT2D eigenvalue weighted by molar-refractivity contribution is 5.97. The molecule has 1 saturated carbocycles. The van der Waals surface area contributed by atoms with Crippen LogP contribution in [0.1, 0.15) is 40.4 Å². The minimum absolute atomic E-state index is 0.0504. The standard InChI is InChI=1S/C18H22N4O2/c1-12-2-5-16(23)14(10-12)18(24)22-8-6-21(7-9-22)17-11-15(19-20-17)13-3-4-13/h2,5,10-11,13,23H,3-4,6-9H2,1H3,(H,19,20). The third kappa shape index (κ3) is 2.84. The van der Waals surface area contributed by atoms with Gasteiger partial charge in [0, 0.05) is 43.9 Å². The molecule has 1 aromatic carbocycles. The molecule has 1 aliphatic carbocycles. The molecule has 1 aromatic heterocycles. The Morgan fingerprint density at radius 1 is 1.21 bits per heavy atom. The van der Waals surface area contributed by atoms with E-state index in [0.29, 0.717) is 24.6 Å². The minimum Gasteiger partial charge on any atom is -0.507 e. The average Bonchev–Trinajstić information content (AvgIpc) is 3.34. The largest absolute Gasteiger partial charge is 0.507 e. The Hall–Kier alpha value is -2.50. The fourth-order valence-electron chi connectivity index (χ4n) is 3.22. The Morgan fingerprint density at radius 2 is 1.96 bits per heavy atom. The number of carbonyl (C=O) groups excluding carboxylic acids is 1. The maximum Gasteiger partial charge on any atom is 0.257 e. The number of carbonyl (C=O) groups is 1. The molecular weight excluding hydrogens is 304 g/mol. The van der Waals surface area contributed by atoms with Crippen molar-refractivity contribution in [2.75, 3.05) is 31.1 Å². The molecule has 2 fully saturated rings. The molecular formula is C18H22N4O2. The van der Waals surface area contributed by atoms with Gasteiger partial charge >= 0.3 is 0 Å². The maximum absolute atomic E-state index is 12.6. The molecule has 1 amide bonds. The molecule has 2 heterocycles. The molecule has 1 saturated heterocycles. The van der Waals surface area contributed by atoms with Crippen molar-refractivity contribution in [1.29, 1.82) is 0 Å². The summed E-state index contributed by atoms with van der Waals surface area (Å²) in [7, 11) is 0. The highest BCUT2D eigenvalue weighted by Crippen LogP contribution is 2.39.